The zero-order valence-corrected chi connectivity index (χ0v) is 13.5. The second-order valence-corrected chi connectivity index (χ2v) is 6.45. The van der Waals surface area contributed by atoms with Crippen LogP contribution in [0.1, 0.15) is 33.3 Å². The van der Waals surface area contributed by atoms with E-state index in [0.29, 0.717) is 33.3 Å². The molecule has 0 aromatic heterocycles. The van der Waals surface area contributed by atoms with Gasteiger partial charge in [0.1, 0.15) is 5.84 Å². The minimum absolute atomic E-state index is 0.415. The molecule has 1 rings (SSSR count). The van der Waals surface area contributed by atoms with Crippen molar-refractivity contribution in [2.45, 2.75) is 27.7 Å². The van der Waals surface area contributed by atoms with Gasteiger partial charge in [-0.1, -0.05) is 57.0 Å². The summed E-state index contributed by atoms with van der Waals surface area (Å²) in [5.74, 6) is 1.39. The normalized spacial score (nSPS) is 11.2. The van der Waals surface area contributed by atoms with E-state index in [4.69, 9.17) is 28.6 Å². The van der Waals surface area contributed by atoms with Crippen molar-refractivity contribution < 1.29 is 0 Å². The number of halogens is 2. The van der Waals surface area contributed by atoms with Gasteiger partial charge in [-0.2, -0.15) is 0 Å². The van der Waals surface area contributed by atoms with Crippen LogP contribution in [-0.4, -0.2) is 23.8 Å². The number of amidine groups is 1. The van der Waals surface area contributed by atoms with E-state index in [1.54, 1.807) is 18.2 Å². The van der Waals surface area contributed by atoms with Gasteiger partial charge in [0.15, 0.2) is 0 Å². The van der Waals surface area contributed by atoms with Gasteiger partial charge in [-0.05, 0) is 24.0 Å². The number of rotatable bonds is 5. The Morgan fingerprint density at radius 3 is 1.84 bits per heavy atom. The summed E-state index contributed by atoms with van der Waals surface area (Å²) in [5.41, 5.74) is 0.632. The molecule has 4 heteroatoms. The lowest BCUT2D eigenvalue weighted by molar-refractivity contribution is 0.327. The van der Waals surface area contributed by atoms with Crippen molar-refractivity contribution >= 4 is 29.0 Å². The van der Waals surface area contributed by atoms with Crippen LogP contribution in [-0.2, 0) is 0 Å². The lowest BCUT2D eigenvalue weighted by atomic mass is 10.1. The molecule has 0 bridgehead atoms. The highest BCUT2D eigenvalue weighted by Crippen LogP contribution is 2.26. The summed E-state index contributed by atoms with van der Waals surface area (Å²) in [6.07, 6.45) is 0. The van der Waals surface area contributed by atoms with Crippen molar-refractivity contribution in [1.29, 1.82) is 5.41 Å². The van der Waals surface area contributed by atoms with Gasteiger partial charge < -0.3 is 4.90 Å². The fourth-order valence-electron chi connectivity index (χ4n) is 2.02. The molecule has 0 atom stereocenters. The Kier molecular flexibility index (Phi) is 6.15. The third-order valence-electron chi connectivity index (χ3n) is 2.69. The lowest BCUT2D eigenvalue weighted by Crippen LogP contribution is -2.37. The van der Waals surface area contributed by atoms with E-state index in [0.717, 1.165) is 13.1 Å². The second kappa shape index (κ2) is 7.16. The van der Waals surface area contributed by atoms with Crippen molar-refractivity contribution in [2.75, 3.05) is 13.1 Å². The molecule has 0 aliphatic rings. The molecular formula is C15H22Cl2N2. The lowest BCUT2D eigenvalue weighted by Gasteiger charge is -2.29. The van der Waals surface area contributed by atoms with Crippen molar-refractivity contribution in [1.82, 2.24) is 4.90 Å². The van der Waals surface area contributed by atoms with E-state index in [2.05, 4.69) is 32.6 Å². The largest absolute Gasteiger partial charge is 0.356 e. The molecule has 106 valence electrons. The maximum absolute atomic E-state index is 8.41. The fourth-order valence-corrected chi connectivity index (χ4v) is 2.60. The maximum atomic E-state index is 8.41. The Balaban J connectivity index is 3.04. The van der Waals surface area contributed by atoms with Gasteiger partial charge >= 0.3 is 0 Å². The Morgan fingerprint density at radius 2 is 1.47 bits per heavy atom. The van der Waals surface area contributed by atoms with Gasteiger partial charge in [0.2, 0.25) is 0 Å². The average Bonchev–Trinajstić information content (AvgIpc) is 2.26. The van der Waals surface area contributed by atoms with Crippen molar-refractivity contribution in [3.05, 3.63) is 33.8 Å². The molecule has 0 unspecified atom stereocenters. The molecule has 0 aliphatic heterocycles. The highest BCUT2D eigenvalue weighted by molar-refractivity contribution is 6.39. The van der Waals surface area contributed by atoms with Crippen LogP contribution < -0.4 is 0 Å². The number of hydrogen-bond donors (Lipinski definition) is 1. The zero-order chi connectivity index (χ0) is 14.6. The Hall–Kier alpha value is -0.730. The molecular weight excluding hydrogens is 279 g/mol. The van der Waals surface area contributed by atoms with Gasteiger partial charge in [-0.25, -0.2) is 0 Å². The molecule has 0 fully saturated rings. The first-order chi connectivity index (χ1) is 8.82. The summed E-state index contributed by atoms with van der Waals surface area (Å²) in [7, 11) is 0. The molecule has 1 aromatic carbocycles. The summed E-state index contributed by atoms with van der Waals surface area (Å²) in [4.78, 5) is 2.06. The molecule has 1 N–H and O–H groups in total. The van der Waals surface area contributed by atoms with E-state index in [-0.39, 0.29) is 0 Å². The topological polar surface area (TPSA) is 27.1 Å². The summed E-state index contributed by atoms with van der Waals surface area (Å²) >= 11 is 12.4. The van der Waals surface area contributed by atoms with Crippen molar-refractivity contribution in [3.63, 3.8) is 0 Å². The maximum Gasteiger partial charge on any atom is 0.131 e. The smallest absolute Gasteiger partial charge is 0.131 e. The predicted molar refractivity (Wildman–Crippen MR) is 84.5 cm³/mol. The van der Waals surface area contributed by atoms with Gasteiger partial charge in [-0.3, -0.25) is 5.41 Å². The van der Waals surface area contributed by atoms with Crippen LogP contribution in [0.4, 0.5) is 0 Å². The molecule has 0 spiro atoms. The van der Waals surface area contributed by atoms with E-state index in [1.807, 2.05) is 0 Å². The minimum atomic E-state index is 0.415. The van der Waals surface area contributed by atoms with Gasteiger partial charge in [0.25, 0.3) is 0 Å². The molecule has 2 nitrogen and oxygen atoms in total. The third-order valence-corrected chi connectivity index (χ3v) is 3.32. The fraction of sp³-hybridized carbons (Fsp3) is 0.533. The summed E-state index contributed by atoms with van der Waals surface area (Å²) < 4.78 is 0. The monoisotopic (exact) mass is 300 g/mol. The van der Waals surface area contributed by atoms with Crippen LogP contribution >= 0.6 is 23.2 Å². The Morgan fingerprint density at radius 1 is 1.05 bits per heavy atom. The van der Waals surface area contributed by atoms with Gasteiger partial charge in [0.05, 0.1) is 15.6 Å². The third kappa shape index (κ3) is 4.70. The van der Waals surface area contributed by atoms with Crippen LogP contribution in [0.2, 0.25) is 10.0 Å². The molecule has 0 heterocycles. The van der Waals surface area contributed by atoms with Crippen LogP contribution in [0.25, 0.3) is 0 Å². The SMILES string of the molecule is CC(C)CN(CC(C)C)C(=N)c1c(Cl)cccc1Cl. The number of benzene rings is 1. The van der Waals surface area contributed by atoms with Crippen LogP contribution in [0, 0.1) is 17.2 Å². The quantitative estimate of drug-likeness (QED) is 0.605. The summed E-state index contributed by atoms with van der Waals surface area (Å²) in [6, 6.07) is 5.36. The van der Waals surface area contributed by atoms with Crippen LogP contribution in [0.5, 0.6) is 0 Å². The second-order valence-electron chi connectivity index (χ2n) is 5.64. The molecule has 0 aliphatic carbocycles. The minimum Gasteiger partial charge on any atom is -0.356 e. The highest BCUT2D eigenvalue weighted by atomic mass is 35.5. The van der Waals surface area contributed by atoms with Crippen molar-refractivity contribution in [3.8, 4) is 0 Å². The molecule has 0 saturated carbocycles. The summed E-state index contributed by atoms with van der Waals surface area (Å²) in [6.45, 7) is 10.3. The van der Waals surface area contributed by atoms with Gasteiger partial charge in [0, 0.05) is 13.1 Å². The van der Waals surface area contributed by atoms with E-state index in [1.165, 1.54) is 0 Å². The average molecular weight is 301 g/mol. The Labute approximate surface area is 126 Å². The highest BCUT2D eigenvalue weighted by Gasteiger charge is 2.19. The van der Waals surface area contributed by atoms with Gasteiger partial charge in [-0.15, -0.1) is 0 Å². The van der Waals surface area contributed by atoms with Crippen LogP contribution in [0.3, 0.4) is 0 Å². The molecule has 0 radical (unpaired) electrons. The number of nitrogens with one attached hydrogen (secondary N) is 1. The van der Waals surface area contributed by atoms with E-state index >= 15 is 0 Å². The van der Waals surface area contributed by atoms with E-state index in [9.17, 15) is 0 Å². The molecule has 0 saturated heterocycles. The predicted octanol–water partition coefficient (Wildman–Crippen LogP) is 4.93. The molecule has 19 heavy (non-hydrogen) atoms. The zero-order valence-electron chi connectivity index (χ0n) is 12.0. The van der Waals surface area contributed by atoms with Crippen molar-refractivity contribution in [2.24, 2.45) is 11.8 Å². The summed E-state index contributed by atoms with van der Waals surface area (Å²) in [5, 5.41) is 9.49. The van der Waals surface area contributed by atoms with Crippen LogP contribution in [0.15, 0.2) is 18.2 Å². The number of nitrogens with zero attached hydrogens (tertiary/aromatic N) is 1. The first-order valence-electron chi connectivity index (χ1n) is 6.60. The standard InChI is InChI=1S/C15H22Cl2N2/c1-10(2)8-19(9-11(3)4)15(18)14-12(16)6-5-7-13(14)17/h5-7,10-11,18H,8-9H2,1-4H3. The van der Waals surface area contributed by atoms with E-state index < -0.39 is 0 Å². The Bertz CT molecular complexity index is 412. The molecule has 0 amide bonds. The first-order valence-corrected chi connectivity index (χ1v) is 7.36. The number of hydrogen-bond acceptors (Lipinski definition) is 1. The first kappa shape index (κ1) is 16.3. The molecule has 1 aromatic rings.